The molecule has 0 saturated heterocycles. The molecule has 0 aliphatic carbocycles. The minimum Gasteiger partial charge on any atom is -0.328 e. The summed E-state index contributed by atoms with van der Waals surface area (Å²) < 4.78 is 0. The van der Waals surface area contributed by atoms with Gasteiger partial charge in [-0.25, -0.2) is 0 Å². The molecule has 0 aliphatic heterocycles. The monoisotopic (exact) mass is 241 g/mol. The van der Waals surface area contributed by atoms with Crippen LogP contribution in [0.5, 0.6) is 0 Å². The second-order valence-electron chi connectivity index (χ2n) is 2.47. The molecule has 0 spiro atoms. The van der Waals surface area contributed by atoms with E-state index in [1.807, 2.05) is 53.0 Å². The lowest BCUT2D eigenvalue weighted by atomic mass is 10.2. The molecule has 3 heteroatoms. The van der Waals surface area contributed by atoms with Crippen molar-refractivity contribution in [3.05, 3.63) is 23.8 Å². The van der Waals surface area contributed by atoms with Crippen LogP contribution < -0.4 is 5.32 Å². The maximum absolute atomic E-state index is 10.2. The Kier molecular flexibility index (Phi) is 13.2. The molecule has 0 radical (unpaired) electrons. The van der Waals surface area contributed by atoms with Crippen molar-refractivity contribution >= 4 is 23.9 Å². The summed E-state index contributed by atoms with van der Waals surface area (Å²) in [4.78, 5) is 11.3. The number of rotatable bonds is 3. The molecule has 0 saturated carbocycles. The first-order chi connectivity index (χ1) is 7.77. The summed E-state index contributed by atoms with van der Waals surface area (Å²) in [7, 11) is 0. The quantitative estimate of drug-likeness (QED) is 0.630. The van der Waals surface area contributed by atoms with Gasteiger partial charge in [0.1, 0.15) is 0 Å². The van der Waals surface area contributed by atoms with E-state index >= 15 is 0 Å². The second-order valence-corrected chi connectivity index (χ2v) is 3.31. The molecule has 1 rings (SSSR count). The first-order valence-corrected chi connectivity index (χ1v) is 6.85. The van der Waals surface area contributed by atoms with Crippen molar-refractivity contribution in [3.8, 4) is 0 Å². The highest BCUT2D eigenvalue weighted by atomic mass is 32.2. The van der Waals surface area contributed by atoms with E-state index in [1.165, 1.54) is 5.56 Å². The number of hydrogen-bond donors (Lipinski definition) is 1. The largest absolute Gasteiger partial charge is 0.328 e. The molecule has 92 valence electrons. The Labute approximate surface area is 104 Å². The first-order valence-electron chi connectivity index (χ1n) is 5.62. The Balaban J connectivity index is 0. The van der Waals surface area contributed by atoms with E-state index in [2.05, 4.69) is 11.4 Å². The second kappa shape index (κ2) is 12.1. The lowest BCUT2D eigenvalue weighted by Gasteiger charge is -2.05. The van der Waals surface area contributed by atoms with Crippen molar-refractivity contribution < 1.29 is 4.79 Å². The van der Waals surface area contributed by atoms with E-state index in [9.17, 15) is 4.79 Å². The summed E-state index contributed by atoms with van der Waals surface area (Å²) in [5.74, 6) is 0. The number of anilines is 1. The van der Waals surface area contributed by atoms with Crippen molar-refractivity contribution in [2.24, 2.45) is 0 Å². The average molecular weight is 241 g/mol. The number of thioether (sulfide) groups is 1. The number of benzene rings is 1. The van der Waals surface area contributed by atoms with Gasteiger partial charge in [-0.1, -0.05) is 33.8 Å². The zero-order valence-corrected chi connectivity index (χ0v) is 11.9. The Bertz CT molecular complexity index is 287. The van der Waals surface area contributed by atoms with Gasteiger partial charge in [0.05, 0.1) is 5.69 Å². The summed E-state index contributed by atoms with van der Waals surface area (Å²) >= 11 is 1.63. The highest BCUT2D eigenvalue weighted by Gasteiger charge is 1.99. The molecule has 0 atom stereocenters. The van der Waals surface area contributed by atoms with Crippen molar-refractivity contribution in [3.63, 3.8) is 0 Å². The average Bonchev–Trinajstić information content (AvgIpc) is 2.36. The summed E-state index contributed by atoms with van der Waals surface area (Å²) in [6.07, 6.45) is 2.69. The zero-order chi connectivity index (χ0) is 13.0. The molecule has 0 bridgehead atoms. The molecule has 0 aromatic heterocycles. The van der Waals surface area contributed by atoms with Gasteiger partial charge in [-0.15, -0.1) is 11.8 Å². The van der Waals surface area contributed by atoms with Gasteiger partial charge in [-0.05, 0) is 30.9 Å². The lowest BCUT2D eigenvalue weighted by Crippen LogP contribution is -1.95. The standard InChI is InChI=1S/C9H11NOS.2C2H6/c1-7-3-4-8(10-6-11)9(5-7)12-2;2*1-2/h3-6H,1-2H3,(H,10,11);2*1-2H3. The van der Waals surface area contributed by atoms with Crippen molar-refractivity contribution in [2.45, 2.75) is 39.5 Å². The lowest BCUT2D eigenvalue weighted by molar-refractivity contribution is -0.105. The molecule has 0 fully saturated rings. The SMILES string of the molecule is CC.CC.CSc1cc(C)ccc1NC=O. The van der Waals surface area contributed by atoms with Gasteiger partial charge < -0.3 is 5.32 Å². The first kappa shape index (κ1) is 17.4. The fourth-order valence-electron chi connectivity index (χ4n) is 0.981. The number of hydrogen-bond acceptors (Lipinski definition) is 2. The minimum absolute atomic E-state index is 0.699. The zero-order valence-electron chi connectivity index (χ0n) is 11.1. The number of nitrogens with one attached hydrogen (secondary N) is 1. The Morgan fingerprint density at radius 3 is 2.19 bits per heavy atom. The van der Waals surface area contributed by atoms with Crippen LogP contribution in [0.15, 0.2) is 23.1 Å². The summed E-state index contributed by atoms with van der Waals surface area (Å²) in [6, 6.07) is 5.94. The predicted octanol–water partition coefficient (Wildman–Crippen LogP) is 4.34. The van der Waals surface area contributed by atoms with E-state index in [1.54, 1.807) is 11.8 Å². The number of amides is 1. The molecule has 1 aromatic carbocycles. The summed E-state index contributed by atoms with van der Waals surface area (Å²) in [5.41, 5.74) is 2.08. The van der Waals surface area contributed by atoms with Crippen LogP contribution >= 0.6 is 11.8 Å². The van der Waals surface area contributed by atoms with E-state index in [-0.39, 0.29) is 0 Å². The normalized spacial score (nSPS) is 7.88. The molecule has 1 N–H and O–H groups in total. The smallest absolute Gasteiger partial charge is 0.211 e. The fraction of sp³-hybridized carbons (Fsp3) is 0.462. The van der Waals surface area contributed by atoms with E-state index in [0.29, 0.717) is 6.41 Å². The van der Waals surface area contributed by atoms with Crippen LogP contribution in [0.1, 0.15) is 33.3 Å². The van der Waals surface area contributed by atoms with E-state index in [0.717, 1.165) is 10.6 Å². The van der Waals surface area contributed by atoms with E-state index in [4.69, 9.17) is 0 Å². The molecule has 1 amide bonds. The molecule has 0 unspecified atom stereocenters. The minimum atomic E-state index is 0.699. The highest BCUT2D eigenvalue weighted by Crippen LogP contribution is 2.25. The van der Waals surface area contributed by atoms with Crippen LogP contribution in [0.4, 0.5) is 5.69 Å². The third kappa shape index (κ3) is 6.51. The number of aryl methyl sites for hydroxylation is 1. The van der Waals surface area contributed by atoms with Crippen molar-refractivity contribution in [1.29, 1.82) is 0 Å². The fourth-order valence-corrected chi connectivity index (χ4v) is 1.63. The van der Waals surface area contributed by atoms with Crippen LogP contribution in [-0.4, -0.2) is 12.7 Å². The maximum atomic E-state index is 10.2. The third-order valence-corrected chi connectivity index (χ3v) is 2.35. The van der Waals surface area contributed by atoms with Crippen LogP contribution in [0, 0.1) is 6.92 Å². The van der Waals surface area contributed by atoms with Gasteiger partial charge >= 0.3 is 0 Å². The van der Waals surface area contributed by atoms with Crippen LogP contribution in [-0.2, 0) is 4.79 Å². The summed E-state index contributed by atoms with van der Waals surface area (Å²) in [5, 5.41) is 2.65. The van der Waals surface area contributed by atoms with Gasteiger partial charge in [-0.2, -0.15) is 0 Å². The van der Waals surface area contributed by atoms with Crippen LogP contribution in [0.3, 0.4) is 0 Å². The van der Waals surface area contributed by atoms with E-state index < -0.39 is 0 Å². The molecule has 0 aliphatic rings. The number of carbonyl (C=O) groups excluding carboxylic acids is 1. The third-order valence-electron chi connectivity index (χ3n) is 1.57. The van der Waals surface area contributed by atoms with Gasteiger partial charge in [0, 0.05) is 4.90 Å². The molecular weight excluding hydrogens is 218 g/mol. The maximum Gasteiger partial charge on any atom is 0.211 e. The van der Waals surface area contributed by atoms with Crippen LogP contribution in [0.2, 0.25) is 0 Å². The highest BCUT2D eigenvalue weighted by molar-refractivity contribution is 7.98. The topological polar surface area (TPSA) is 29.1 Å². The van der Waals surface area contributed by atoms with Crippen molar-refractivity contribution in [1.82, 2.24) is 0 Å². The molecule has 1 aromatic rings. The molecule has 16 heavy (non-hydrogen) atoms. The molecule has 0 heterocycles. The Morgan fingerprint density at radius 1 is 1.19 bits per heavy atom. The molecular formula is C13H23NOS. The van der Waals surface area contributed by atoms with Gasteiger partial charge in [0.25, 0.3) is 0 Å². The van der Waals surface area contributed by atoms with Crippen LogP contribution in [0.25, 0.3) is 0 Å². The summed E-state index contributed by atoms with van der Waals surface area (Å²) in [6.45, 7) is 10.0. The predicted molar refractivity (Wildman–Crippen MR) is 75.3 cm³/mol. The Morgan fingerprint density at radius 2 is 1.75 bits per heavy atom. The van der Waals surface area contributed by atoms with Crippen molar-refractivity contribution in [2.75, 3.05) is 11.6 Å². The Hall–Kier alpha value is -0.960. The van der Waals surface area contributed by atoms with Gasteiger partial charge in [0.2, 0.25) is 6.41 Å². The molecule has 2 nitrogen and oxygen atoms in total. The van der Waals surface area contributed by atoms with Gasteiger partial charge in [0.15, 0.2) is 0 Å². The number of carbonyl (C=O) groups is 1. The van der Waals surface area contributed by atoms with Gasteiger partial charge in [-0.3, -0.25) is 4.79 Å².